The highest BCUT2D eigenvalue weighted by atomic mass is 79.9. The predicted molar refractivity (Wildman–Crippen MR) is 204 cm³/mol. The van der Waals surface area contributed by atoms with Crippen molar-refractivity contribution in [2.75, 3.05) is 62.2 Å². The van der Waals surface area contributed by atoms with Gasteiger partial charge >= 0.3 is 6.09 Å². The van der Waals surface area contributed by atoms with E-state index >= 15 is 0 Å². The van der Waals surface area contributed by atoms with Crippen molar-refractivity contribution in [3.8, 4) is 16.9 Å². The summed E-state index contributed by atoms with van der Waals surface area (Å²) in [6, 6.07) is 8.06. The van der Waals surface area contributed by atoms with Gasteiger partial charge in [0, 0.05) is 91.4 Å². The topological polar surface area (TPSA) is 135 Å². The number of halogens is 1. The minimum Gasteiger partial charge on any atom is -0.494 e. The van der Waals surface area contributed by atoms with Crippen LogP contribution in [0.2, 0.25) is 0 Å². The van der Waals surface area contributed by atoms with E-state index in [1.807, 2.05) is 62.1 Å². The molecule has 50 heavy (non-hydrogen) atoms. The molecule has 262 valence electrons. The van der Waals surface area contributed by atoms with Crippen LogP contribution in [-0.4, -0.2) is 92.9 Å². The van der Waals surface area contributed by atoms with Gasteiger partial charge in [0.05, 0.1) is 34.5 Å². The number of nitrogens with zero attached hydrogens (tertiary/aromatic N) is 8. The van der Waals surface area contributed by atoms with Gasteiger partial charge in [-0.1, -0.05) is 7.92 Å². The molecular weight excluding hydrogens is 719 g/mol. The van der Waals surface area contributed by atoms with Crippen LogP contribution in [0.15, 0.2) is 59.7 Å². The molecule has 4 heterocycles. The molecule has 1 saturated heterocycles. The number of anilines is 5. The molecule has 15 heteroatoms. The lowest BCUT2D eigenvalue weighted by molar-refractivity contribution is 0.0240. The van der Waals surface area contributed by atoms with Gasteiger partial charge in [-0.05, 0) is 75.2 Å². The van der Waals surface area contributed by atoms with Gasteiger partial charge in [-0.2, -0.15) is 10.1 Å². The number of rotatable bonds is 9. The van der Waals surface area contributed by atoms with Crippen LogP contribution in [-0.2, 0) is 11.3 Å². The summed E-state index contributed by atoms with van der Waals surface area (Å²) >= 11 is 3.64. The van der Waals surface area contributed by atoms with Gasteiger partial charge in [-0.3, -0.25) is 14.6 Å². The van der Waals surface area contributed by atoms with Gasteiger partial charge in [-0.15, -0.1) is 0 Å². The molecular formula is C35H42BrN10O3P. The van der Waals surface area contributed by atoms with Crippen molar-refractivity contribution >= 4 is 75.1 Å². The predicted octanol–water partition coefficient (Wildman–Crippen LogP) is 6.99. The van der Waals surface area contributed by atoms with E-state index in [2.05, 4.69) is 71.8 Å². The zero-order chi connectivity index (χ0) is 35.6. The monoisotopic (exact) mass is 760 g/mol. The molecule has 2 N–H and O–H groups in total. The second kappa shape index (κ2) is 14.7. The summed E-state index contributed by atoms with van der Waals surface area (Å²) in [4.78, 5) is 35.4. The molecule has 1 aliphatic rings. The molecule has 0 spiro atoms. The van der Waals surface area contributed by atoms with Crippen molar-refractivity contribution in [1.29, 1.82) is 0 Å². The number of methoxy groups -OCH3 is 1. The lowest BCUT2D eigenvalue weighted by Crippen LogP contribution is -2.50. The highest BCUT2D eigenvalue weighted by Crippen LogP contribution is 2.41. The fourth-order valence-corrected chi connectivity index (χ4v) is 7.30. The second-order valence-electron chi connectivity index (χ2n) is 13.0. The Morgan fingerprint density at radius 3 is 2.44 bits per heavy atom. The molecule has 5 aromatic rings. The van der Waals surface area contributed by atoms with E-state index in [9.17, 15) is 4.79 Å². The van der Waals surface area contributed by atoms with Crippen molar-refractivity contribution in [3.05, 3.63) is 59.7 Å². The standard InChI is InChI=1S/C35H42BrN10O3P/c1-8-46-21-22(19-40-46)23-17-27(29(48-5)18-28(23)44-13-15-45(16-14-44)34(47)49-35(2,3)4)42-33-39-20-24(36)32(43-33)41-26-10-9-25-30(31(26)50(6)7)38-12-11-37-25/h9-12,17-21H,8,13-16H2,1-7H3,(H2,39,41,42,43). The SMILES string of the molecule is CCn1cc(-c2cc(Nc3ncc(Br)c(Nc4ccc5nccnc5c4P(C)C)n3)c(OC)cc2N2CCN(C(=O)OC(C)(C)C)CC2)cn1. The number of piperazine rings is 1. The zero-order valence-electron chi connectivity index (χ0n) is 29.4. The Balaban J connectivity index is 1.31. The second-order valence-corrected chi connectivity index (χ2v) is 16.1. The number of hydrogen-bond acceptors (Lipinski definition) is 11. The fraction of sp³-hybridized carbons (Fsp3) is 0.371. The molecule has 0 bridgehead atoms. The van der Waals surface area contributed by atoms with Crippen LogP contribution >= 0.6 is 23.9 Å². The fourth-order valence-electron chi connectivity index (χ4n) is 5.80. The Hall–Kier alpha value is -4.55. The van der Waals surface area contributed by atoms with Crippen molar-refractivity contribution in [1.82, 2.24) is 34.6 Å². The Labute approximate surface area is 301 Å². The zero-order valence-corrected chi connectivity index (χ0v) is 31.8. The van der Waals surface area contributed by atoms with E-state index in [0.717, 1.165) is 45.4 Å². The van der Waals surface area contributed by atoms with Crippen LogP contribution in [0.25, 0.3) is 22.2 Å². The summed E-state index contributed by atoms with van der Waals surface area (Å²) in [6.07, 6.45) is 8.76. The quantitative estimate of drug-likeness (QED) is 0.151. The number of ether oxygens (including phenoxy) is 2. The summed E-state index contributed by atoms with van der Waals surface area (Å²) < 4.78 is 14.2. The van der Waals surface area contributed by atoms with Crippen LogP contribution in [0.1, 0.15) is 27.7 Å². The van der Waals surface area contributed by atoms with Crippen molar-refractivity contribution in [3.63, 3.8) is 0 Å². The average Bonchev–Trinajstić information content (AvgIpc) is 3.58. The van der Waals surface area contributed by atoms with E-state index in [4.69, 9.17) is 14.5 Å². The number of hydrogen-bond donors (Lipinski definition) is 2. The summed E-state index contributed by atoms with van der Waals surface area (Å²) in [7, 11) is 1.13. The van der Waals surface area contributed by atoms with Gasteiger partial charge in [-0.25, -0.2) is 9.78 Å². The molecule has 1 fully saturated rings. The summed E-state index contributed by atoms with van der Waals surface area (Å²) in [5, 5.41) is 12.6. The van der Waals surface area contributed by atoms with Crippen molar-refractivity contribution < 1.29 is 14.3 Å². The first-order valence-electron chi connectivity index (χ1n) is 16.4. The van der Waals surface area contributed by atoms with E-state index in [1.165, 1.54) is 0 Å². The van der Waals surface area contributed by atoms with Crippen molar-refractivity contribution in [2.24, 2.45) is 0 Å². The number of amides is 1. The molecule has 0 saturated carbocycles. The van der Waals surface area contributed by atoms with Gasteiger partial charge in [0.2, 0.25) is 5.95 Å². The van der Waals surface area contributed by atoms with E-state index in [0.29, 0.717) is 53.9 Å². The maximum atomic E-state index is 12.8. The molecule has 13 nitrogen and oxygen atoms in total. The minimum absolute atomic E-state index is 0.294. The number of fused-ring (bicyclic) bond motifs is 1. The van der Waals surface area contributed by atoms with Crippen LogP contribution < -0.4 is 25.6 Å². The highest BCUT2D eigenvalue weighted by Gasteiger charge is 2.28. The third-order valence-corrected chi connectivity index (χ3v) is 10.1. The lowest BCUT2D eigenvalue weighted by atomic mass is 10.0. The van der Waals surface area contributed by atoms with E-state index in [1.54, 1.807) is 30.6 Å². The number of benzene rings is 2. The molecule has 6 rings (SSSR count). The summed E-state index contributed by atoms with van der Waals surface area (Å²) in [5.74, 6) is 1.62. The first-order valence-corrected chi connectivity index (χ1v) is 19.4. The van der Waals surface area contributed by atoms with Crippen molar-refractivity contribution in [2.45, 2.75) is 39.8 Å². The number of carbonyl (C=O) groups is 1. The molecule has 0 aliphatic carbocycles. The van der Waals surface area contributed by atoms with Gasteiger partial charge in [0.1, 0.15) is 17.2 Å². The number of carbonyl (C=O) groups excluding carboxylic acids is 1. The maximum absolute atomic E-state index is 12.8. The van der Waals surface area contributed by atoms with Gasteiger partial charge in [0.15, 0.2) is 0 Å². The Bertz CT molecular complexity index is 2010. The number of aromatic nitrogens is 6. The van der Waals surface area contributed by atoms with Crippen LogP contribution in [0.5, 0.6) is 5.75 Å². The first-order chi connectivity index (χ1) is 23.9. The summed E-state index contributed by atoms with van der Waals surface area (Å²) in [6.45, 7) is 15.2. The Kier molecular flexibility index (Phi) is 10.4. The van der Waals surface area contributed by atoms with Gasteiger partial charge < -0.3 is 29.9 Å². The lowest BCUT2D eigenvalue weighted by Gasteiger charge is -2.37. The average molecular weight is 762 g/mol. The Morgan fingerprint density at radius 1 is 1.00 bits per heavy atom. The van der Waals surface area contributed by atoms with Crippen LogP contribution in [0.4, 0.5) is 33.6 Å². The highest BCUT2D eigenvalue weighted by molar-refractivity contribution is 9.10. The van der Waals surface area contributed by atoms with Crippen LogP contribution in [0, 0.1) is 0 Å². The largest absolute Gasteiger partial charge is 0.494 e. The van der Waals surface area contributed by atoms with E-state index < -0.39 is 13.5 Å². The molecule has 1 amide bonds. The molecule has 0 radical (unpaired) electrons. The summed E-state index contributed by atoms with van der Waals surface area (Å²) in [5.41, 5.74) is 5.72. The smallest absolute Gasteiger partial charge is 0.410 e. The third kappa shape index (κ3) is 7.76. The molecule has 0 unspecified atom stereocenters. The van der Waals surface area contributed by atoms with Crippen LogP contribution in [0.3, 0.4) is 0 Å². The maximum Gasteiger partial charge on any atom is 0.410 e. The number of aryl methyl sites for hydroxylation is 1. The Morgan fingerprint density at radius 2 is 1.76 bits per heavy atom. The van der Waals surface area contributed by atoms with E-state index in [-0.39, 0.29) is 6.09 Å². The molecule has 0 atom stereocenters. The first kappa shape index (κ1) is 35.3. The molecule has 3 aromatic heterocycles. The molecule has 2 aromatic carbocycles. The minimum atomic E-state index is -0.546. The number of nitrogens with one attached hydrogen (secondary N) is 2. The van der Waals surface area contributed by atoms with Gasteiger partial charge in [0.25, 0.3) is 0 Å². The third-order valence-electron chi connectivity index (χ3n) is 8.16. The molecule has 1 aliphatic heterocycles. The normalized spacial score (nSPS) is 13.5.